The number of ether oxygens (including phenoxy) is 3. The number of pyridine rings is 1. The zero-order valence-electron chi connectivity index (χ0n) is 22.7. The molecule has 1 aromatic heterocycles. The van der Waals surface area contributed by atoms with Crippen LogP contribution in [0.15, 0.2) is 72.6 Å². The fourth-order valence-electron chi connectivity index (χ4n) is 4.47. The van der Waals surface area contributed by atoms with E-state index >= 15 is 0 Å². The number of rotatable bonds is 11. The molecule has 8 heteroatoms. The van der Waals surface area contributed by atoms with Crippen molar-refractivity contribution >= 4 is 17.4 Å². The Bertz CT molecular complexity index is 1330. The van der Waals surface area contributed by atoms with Gasteiger partial charge in [0.1, 0.15) is 11.5 Å². The molecule has 1 amide bonds. The van der Waals surface area contributed by atoms with Gasteiger partial charge >= 0.3 is 0 Å². The highest BCUT2D eigenvalue weighted by atomic mass is 16.5. The Morgan fingerprint density at radius 2 is 1.72 bits per heavy atom. The van der Waals surface area contributed by atoms with Crippen molar-refractivity contribution in [2.75, 3.05) is 20.3 Å². The zero-order valence-corrected chi connectivity index (χ0v) is 22.7. The molecule has 0 radical (unpaired) electrons. The van der Waals surface area contributed by atoms with Crippen molar-refractivity contribution in [3.05, 3.63) is 89.3 Å². The summed E-state index contributed by atoms with van der Waals surface area (Å²) in [5.74, 6) is 0.495. The maximum absolute atomic E-state index is 13.4. The number of carbonyl (C=O) groups is 2. The van der Waals surface area contributed by atoms with Gasteiger partial charge in [0.25, 0.3) is 11.7 Å². The van der Waals surface area contributed by atoms with Crippen LogP contribution in [0.3, 0.4) is 0 Å². The molecular formula is C31H34N2O6. The second-order valence-corrected chi connectivity index (χ2v) is 9.68. The van der Waals surface area contributed by atoms with Crippen LogP contribution in [-0.2, 0) is 16.1 Å². The van der Waals surface area contributed by atoms with Crippen LogP contribution in [0.1, 0.15) is 49.9 Å². The minimum absolute atomic E-state index is 0.00940. The van der Waals surface area contributed by atoms with Crippen LogP contribution in [0, 0.1) is 5.92 Å². The number of aromatic nitrogens is 1. The fourth-order valence-corrected chi connectivity index (χ4v) is 4.47. The quantitative estimate of drug-likeness (QED) is 0.198. The molecule has 1 atom stereocenters. The van der Waals surface area contributed by atoms with Crippen LogP contribution in [0.4, 0.5) is 0 Å². The molecule has 1 saturated heterocycles. The number of carbonyl (C=O) groups excluding carboxylic acids is 2. The molecule has 1 unspecified atom stereocenters. The van der Waals surface area contributed by atoms with Gasteiger partial charge in [-0.2, -0.15) is 0 Å². The lowest BCUT2D eigenvalue weighted by Gasteiger charge is -2.26. The van der Waals surface area contributed by atoms with Crippen molar-refractivity contribution in [2.45, 2.75) is 39.8 Å². The lowest BCUT2D eigenvalue weighted by atomic mass is 9.94. The lowest BCUT2D eigenvalue weighted by Crippen LogP contribution is -2.29. The first-order valence-electron chi connectivity index (χ1n) is 13.0. The summed E-state index contributed by atoms with van der Waals surface area (Å²) in [6.45, 7) is 7.24. The number of aliphatic hydroxyl groups excluding tert-OH is 1. The molecule has 204 valence electrons. The molecule has 4 rings (SSSR count). The SMILES string of the molecule is CCOc1cc(C2C(=C(O)c3ccc(OC)cc3)C(=O)C(=O)N2Cc2ccncc2)ccc1OCCC(C)C. The van der Waals surface area contributed by atoms with E-state index in [0.29, 0.717) is 47.5 Å². The minimum atomic E-state index is -0.843. The number of amides is 1. The van der Waals surface area contributed by atoms with Crippen LogP contribution in [0.2, 0.25) is 0 Å². The highest BCUT2D eigenvalue weighted by Gasteiger charge is 2.46. The zero-order chi connectivity index (χ0) is 27.9. The van der Waals surface area contributed by atoms with E-state index in [1.165, 1.54) is 4.90 Å². The van der Waals surface area contributed by atoms with Crippen molar-refractivity contribution in [1.29, 1.82) is 0 Å². The minimum Gasteiger partial charge on any atom is -0.507 e. The summed E-state index contributed by atoms with van der Waals surface area (Å²) in [5.41, 5.74) is 1.84. The first-order chi connectivity index (χ1) is 18.8. The molecule has 39 heavy (non-hydrogen) atoms. The van der Waals surface area contributed by atoms with Gasteiger partial charge in [-0.25, -0.2) is 0 Å². The maximum atomic E-state index is 13.4. The molecule has 2 aromatic carbocycles. The Morgan fingerprint density at radius 1 is 1.00 bits per heavy atom. The van der Waals surface area contributed by atoms with E-state index in [1.54, 1.807) is 68.0 Å². The predicted molar refractivity (Wildman–Crippen MR) is 148 cm³/mol. The van der Waals surface area contributed by atoms with Gasteiger partial charge < -0.3 is 24.2 Å². The van der Waals surface area contributed by atoms with Gasteiger partial charge in [0, 0.05) is 24.5 Å². The summed E-state index contributed by atoms with van der Waals surface area (Å²) >= 11 is 0. The van der Waals surface area contributed by atoms with Crippen molar-refractivity contribution in [3.8, 4) is 17.2 Å². The molecule has 1 aliphatic heterocycles. The topological polar surface area (TPSA) is 98.2 Å². The van der Waals surface area contributed by atoms with Crippen molar-refractivity contribution < 1.29 is 28.9 Å². The summed E-state index contributed by atoms with van der Waals surface area (Å²) in [6, 6.07) is 14.8. The Labute approximate surface area is 228 Å². The molecule has 0 saturated carbocycles. The van der Waals surface area contributed by atoms with Gasteiger partial charge in [0.05, 0.1) is 31.9 Å². The highest BCUT2D eigenvalue weighted by molar-refractivity contribution is 6.46. The summed E-state index contributed by atoms with van der Waals surface area (Å²) in [5, 5.41) is 11.4. The molecule has 0 spiro atoms. The van der Waals surface area contributed by atoms with Crippen LogP contribution >= 0.6 is 0 Å². The van der Waals surface area contributed by atoms with Gasteiger partial charge in [0.15, 0.2) is 11.5 Å². The number of methoxy groups -OCH3 is 1. The van der Waals surface area contributed by atoms with E-state index in [4.69, 9.17) is 14.2 Å². The largest absolute Gasteiger partial charge is 0.507 e. The number of aliphatic hydroxyl groups is 1. The molecule has 1 aliphatic rings. The standard InChI is InChI=1S/C31H34N2O6/c1-5-38-26-18-23(8-11-25(26)39-17-14-20(2)3)28-27(29(34)22-6-9-24(37-4)10-7-22)30(35)31(36)33(28)19-21-12-15-32-16-13-21/h6-13,15-16,18,20,28,34H,5,14,17,19H2,1-4H3. The van der Waals surface area contributed by atoms with E-state index in [1.807, 2.05) is 13.0 Å². The second kappa shape index (κ2) is 12.5. The number of benzene rings is 2. The molecule has 0 bridgehead atoms. The van der Waals surface area contributed by atoms with E-state index in [2.05, 4.69) is 18.8 Å². The maximum Gasteiger partial charge on any atom is 0.295 e. The van der Waals surface area contributed by atoms with Gasteiger partial charge in [-0.3, -0.25) is 14.6 Å². The second-order valence-electron chi connectivity index (χ2n) is 9.68. The summed E-state index contributed by atoms with van der Waals surface area (Å²) < 4.78 is 17.1. The Balaban J connectivity index is 1.81. The van der Waals surface area contributed by atoms with E-state index in [0.717, 1.165) is 12.0 Å². The third-order valence-corrected chi connectivity index (χ3v) is 6.54. The lowest BCUT2D eigenvalue weighted by molar-refractivity contribution is -0.140. The van der Waals surface area contributed by atoms with Gasteiger partial charge in [-0.05, 0) is 78.9 Å². The number of nitrogens with zero attached hydrogens (tertiary/aromatic N) is 2. The van der Waals surface area contributed by atoms with E-state index in [-0.39, 0.29) is 17.9 Å². The van der Waals surface area contributed by atoms with Crippen LogP contribution in [-0.4, -0.2) is 47.0 Å². The van der Waals surface area contributed by atoms with E-state index < -0.39 is 17.7 Å². The van der Waals surface area contributed by atoms with Crippen LogP contribution < -0.4 is 14.2 Å². The van der Waals surface area contributed by atoms with Crippen LogP contribution in [0.5, 0.6) is 17.2 Å². The van der Waals surface area contributed by atoms with E-state index in [9.17, 15) is 14.7 Å². The number of hydrogen-bond acceptors (Lipinski definition) is 7. The number of hydrogen-bond donors (Lipinski definition) is 1. The van der Waals surface area contributed by atoms with Crippen molar-refractivity contribution in [3.63, 3.8) is 0 Å². The average molecular weight is 531 g/mol. The third kappa shape index (κ3) is 6.22. The van der Waals surface area contributed by atoms with Crippen molar-refractivity contribution in [2.24, 2.45) is 5.92 Å². The molecule has 1 N–H and O–H groups in total. The normalized spacial score (nSPS) is 16.5. The number of ketones is 1. The summed E-state index contributed by atoms with van der Waals surface area (Å²) in [6.07, 6.45) is 4.16. The van der Waals surface area contributed by atoms with Crippen LogP contribution in [0.25, 0.3) is 5.76 Å². The van der Waals surface area contributed by atoms with Gasteiger partial charge in [-0.15, -0.1) is 0 Å². The Kier molecular flexibility index (Phi) is 8.86. The number of Topliss-reactive ketones (excluding diaryl/α,β-unsaturated/α-hetero) is 1. The first kappa shape index (κ1) is 27.7. The Morgan fingerprint density at radius 3 is 2.36 bits per heavy atom. The molecular weight excluding hydrogens is 496 g/mol. The van der Waals surface area contributed by atoms with Gasteiger partial charge in [-0.1, -0.05) is 19.9 Å². The predicted octanol–water partition coefficient (Wildman–Crippen LogP) is 5.54. The van der Waals surface area contributed by atoms with Gasteiger partial charge in [0.2, 0.25) is 0 Å². The molecule has 8 nitrogen and oxygen atoms in total. The fraction of sp³-hybridized carbons (Fsp3) is 0.323. The molecule has 2 heterocycles. The molecule has 0 aliphatic carbocycles. The molecule has 3 aromatic rings. The summed E-state index contributed by atoms with van der Waals surface area (Å²) in [4.78, 5) is 32.3. The van der Waals surface area contributed by atoms with Crippen molar-refractivity contribution in [1.82, 2.24) is 9.88 Å². The third-order valence-electron chi connectivity index (χ3n) is 6.54. The summed E-state index contributed by atoms with van der Waals surface area (Å²) in [7, 11) is 1.55. The smallest absolute Gasteiger partial charge is 0.295 e. The number of likely N-dealkylation sites (tertiary alicyclic amines) is 1. The highest BCUT2D eigenvalue weighted by Crippen LogP contribution is 2.43. The average Bonchev–Trinajstić information content (AvgIpc) is 3.19. The monoisotopic (exact) mass is 530 g/mol. The Hall–Kier alpha value is -4.33. The molecule has 1 fully saturated rings. The first-order valence-corrected chi connectivity index (χ1v) is 13.0.